The van der Waals surface area contributed by atoms with E-state index in [0.29, 0.717) is 12.8 Å². The molecule has 0 aromatic heterocycles. The van der Waals surface area contributed by atoms with Crippen molar-refractivity contribution in [2.75, 3.05) is 0 Å². The first-order valence-corrected chi connectivity index (χ1v) is 19.3. The van der Waals surface area contributed by atoms with Gasteiger partial charge in [0.2, 0.25) is 0 Å². The van der Waals surface area contributed by atoms with Gasteiger partial charge < -0.3 is 9.84 Å². The van der Waals surface area contributed by atoms with Crippen LogP contribution in [-0.2, 0) is 14.3 Å². The molecule has 264 valence electrons. The number of aliphatic carboxylic acids is 1. The van der Waals surface area contributed by atoms with Crippen LogP contribution in [0.25, 0.3) is 0 Å². The van der Waals surface area contributed by atoms with Crippen molar-refractivity contribution in [1.82, 2.24) is 0 Å². The largest absolute Gasteiger partial charge is 0.481 e. The fourth-order valence-corrected chi connectivity index (χ4v) is 5.45. The van der Waals surface area contributed by atoms with Crippen molar-refractivity contribution in [3.05, 3.63) is 60.8 Å². The molecule has 0 fully saturated rings. The summed E-state index contributed by atoms with van der Waals surface area (Å²) in [5.74, 6) is -0.717. The first-order valence-electron chi connectivity index (χ1n) is 19.3. The minimum atomic E-state index is -0.687. The Morgan fingerprint density at radius 2 is 0.913 bits per heavy atom. The molecule has 0 aromatic carbocycles. The molecule has 0 rings (SSSR count). The zero-order valence-electron chi connectivity index (χ0n) is 30.1. The second-order valence-electron chi connectivity index (χ2n) is 12.7. The normalized spacial score (nSPS) is 12.9. The average Bonchev–Trinajstić information content (AvgIpc) is 3.04. The fourth-order valence-electron chi connectivity index (χ4n) is 5.45. The lowest BCUT2D eigenvalue weighted by Gasteiger charge is -2.18. The van der Waals surface area contributed by atoms with Crippen molar-refractivity contribution in [3.8, 4) is 0 Å². The van der Waals surface area contributed by atoms with E-state index >= 15 is 0 Å². The van der Waals surface area contributed by atoms with E-state index < -0.39 is 5.97 Å². The molecule has 1 atom stereocenters. The highest BCUT2D eigenvalue weighted by molar-refractivity contribution is 5.69. The highest BCUT2D eigenvalue weighted by Gasteiger charge is 2.14. The molecule has 0 radical (unpaired) electrons. The van der Waals surface area contributed by atoms with E-state index in [0.717, 1.165) is 89.9 Å². The van der Waals surface area contributed by atoms with Crippen LogP contribution in [0.2, 0.25) is 0 Å². The van der Waals surface area contributed by atoms with Gasteiger partial charge in [0.1, 0.15) is 6.10 Å². The van der Waals surface area contributed by atoms with Crippen LogP contribution in [0.3, 0.4) is 0 Å². The van der Waals surface area contributed by atoms with Crippen LogP contribution in [0.4, 0.5) is 0 Å². The lowest BCUT2D eigenvalue weighted by Crippen LogP contribution is -2.18. The number of carboxylic acids is 1. The van der Waals surface area contributed by atoms with Crippen molar-refractivity contribution in [1.29, 1.82) is 0 Å². The molecule has 0 amide bonds. The summed E-state index contributed by atoms with van der Waals surface area (Å²) < 4.78 is 5.99. The zero-order valence-corrected chi connectivity index (χ0v) is 30.1. The molecule has 0 bridgehead atoms. The smallest absolute Gasteiger partial charge is 0.306 e. The highest BCUT2D eigenvalue weighted by Crippen LogP contribution is 2.18. The number of allylic oxidation sites excluding steroid dienone is 10. The average molecular weight is 641 g/mol. The maximum absolute atomic E-state index is 12.6. The number of rotatable bonds is 34. The van der Waals surface area contributed by atoms with E-state index in [1.165, 1.54) is 70.6 Å². The summed E-state index contributed by atoms with van der Waals surface area (Å²) in [6.45, 7) is 4.42. The molecular formula is C42H72O4. The highest BCUT2D eigenvalue weighted by atomic mass is 16.5. The minimum absolute atomic E-state index is 0.0294. The van der Waals surface area contributed by atoms with Crippen molar-refractivity contribution in [3.63, 3.8) is 0 Å². The monoisotopic (exact) mass is 641 g/mol. The summed E-state index contributed by atoms with van der Waals surface area (Å²) in [6, 6.07) is 0. The van der Waals surface area contributed by atoms with Crippen LogP contribution in [0.15, 0.2) is 60.8 Å². The number of carbonyl (C=O) groups is 2. The van der Waals surface area contributed by atoms with Crippen molar-refractivity contribution in [2.45, 2.75) is 193 Å². The second-order valence-corrected chi connectivity index (χ2v) is 12.7. The Morgan fingerprint density at radius 3 is 1.37 bits per heavy atom. The first-order chi connectivity index (χ1) is 22.6. The molecule has 46 heavy (non-hydrogen) atoms. The molecule has 1 N–H and O–H groups in total. The summed E-state index contributed by atoms with van der Waals surface area (Å²) in [4.78, 5) is 23.3. The van der Waals surface area contributed by atoms with Crippen LogP contribution in [-0.4, -0.2) is 23.1 Å². The quantitative estimate of drug-likeness (QED) is 0.0432. The number of unbranched alkanes of at least 4 members (excludes halogenated alkanes) is 15. The van der Waals surface area contributed by atoms with Gasteiger partial charge in [-0.05, 0) is 77.0 Å². The zero-order chi connectivity index (χ0) is 33.6. The Morgan fingerprint density at radius 1 is 0.500 bits per heavy atom. The van der Waals surface area contributed by atoms with Crippen molar-refractivity contribution < 1.29 is 19.4 Å². The summed E-state index contributed by atoms with van der Waals surface area (Å²) >= 11 is 0. The van der Waals surface area contributed by atoms with Crippen LogP contribution in [0.1, 0.15) is 187 Å². The number of hydrogen-bond donors (Lipinski definition) is 1. The maximum atomic E-state index is 12.6. The fraction of sp³-hybridized carbons (Fsp3) is 0.714. The third-order valence-corrected chi connectivity index (χ3v) is 8.25. The summed E-state index contributed by atoms with van der Waals surface area (Å²) in [5, 5.41) is 8.74. The predicted octanol–water partition coefficient (Wildman–Crippen LogP) is 13.3. The number of carboxylic acid groups (broad SMARTS) is 1. The van der Waals surface area contributed by atoms with Crippen molar-refractivity contribution in [2.24, 2.45) is 0 Å². The molecule has 1 unspecified atom stereocenters. The van der Waals surface area contributed by atoms with Crippen LogP contribution >= 0.6 is 0 Å². The first kappa shape index (κ1) is 43.6. The van der Waals surface area contributed by atoms with Crippen LogP contribution < -0.4 is 0 Å². The van der Waals surface area contributed by atoms with Gasteiger partial charge in [0.05, 0.1) is 0 Å². The van der Waals surface area contributed by atoms with Crippen LogP contribution in [0.5, 0.6) is 0 Å². The molecule has 0 aliphatic rings. The molecule has 0 spiro atoms. The molecule has 0 heterocycles. The van der Waals surface area contributed by atoms with E-state index in [4.69, 9.17) is 9.84 Å². The van der Waals surface area contributed by atoms with Crippen LogP contribution in [0, 0.1) is 0 Å². The van der Waals surface area contributed by atoms with Gasteiger partial charge in [0.25, 0.3) is 0 Å². The standard InChI is InChI=1S/C42H72O4/c1-3-5-7-9-11-13-14-15-16-17-18-19-20-21-27-31-35-39-42(45)46-40(36-32-28-24-12-10-8-6-4-2)37-33-29-25-22-23-26-30-34-38-41(43)44/h5,7,11,13,15-16,18-19,21,27,40H,3-4,6,8-10,12,14,17,20,22-26,28-39H2,1-2H3,(H,43,44)/b7-5-,13-11-,16-15-,19-18-,27-21-. The summed E-state index contributed by atoms with van der Waals surface area (Å²) in [7, 11) is 0. The van der Waals surface area contributed by atoms with Gasteiger partial charge >= 0.3 is 11.9 Å². The van der Waals surface area contributed by atoms with E-state index in [1.807, 2.05) is 0 Å². The van der Waals surface area contributed by atoms with Gasteiger partial charge in [-0.15, -0.1) is 0 Å². The summed E-state index contributed by atoms with van der Waals surface area (Å²) in [5.41, 5.74) is 0. The Labute approximate surface area is 284 Å². The number of carbonyl (C=O) groups excluding carboxylic acids is 1. The van der Waals surface area contributed by atoms with E-state index in [2.05, 4.69) is 74.6 Å². The van der Waals surface area contributed by atoms with Gasteiger partial charge in [-0.2, -0.15) is 0 Å². The lowest BCUT2D eigenvalue weighted by atomic mass is 10.0. The third-order valence-electron chi connectivity index (χ3n) is 8.25. The predicted molar refractivity (Wildman–Crippen MR) is 199 cm³/mol. The Kier molecular flexibility index (Phi) is 35.2. The summed E-state index contributed by atoms with van der Waals surface area (Å²) in [6.07, 6.45) is 51.0. The van der Waals surface area contributed by atoms with Gasteiger partial charge in [0.15, 0.2) is 0 Å². The minimum Gasteiger partial charge on any atom is -0.481 e. The Hall–Kier alpha value is -2.36. The maximum Gasteiger partial charge on any atom is 0.306 e. The van der Waals surface area contributed by atoms with Gasteiger partial charge in [-0.1, -0.05) is 158 Å². The number of ether oxygens (including phenoxy) is 1. The van der Waals surface area contributed by atoms with Gasteiger partial charge in [-0.25, -0.2) is 0 Å². The molecule has 4 heteroatoms. The molecule has 0 aliphatic carbocycles. The molecule has 0 aromatic rings. The van der Waals surface area contributed by atoms with Gasteiger partial charge in [0, 0.05) is 12.8 Å². The molecule has 0 aliphatic heterocycles. The van der Waals surface area contributed by atoms with E-state index in [9.17, 15) is 9.59 Å². The van der Waals surface area contributed by atoms with Crippen molar-refractivity contribution >= 4 is 11.9 Å². The molecule has 4 nitrogen and oxygen atoms in total. The van der Waals surface area contributed by atoms with E-state index in [1.54, 1.807) is 0 Å². The third kappa shape index (κ3) is 36.1. The van der Waals surface area contributed by atoms with E-state index in [-0.39, 0.29) is 12.1 Å². The SMILES string of the molecule is CC/C=C\C/C=C\C/C=C\C/C=C\C/C=C\CCCC(=O)OC(CCCCCCCCCC)CCCCCCCCCCC(=O)O. The number of hydrogen-bond acceptors (Lipinski definition) is 3. The molecule has 0 saturated carbocycles. The Balaban J connectivity index is 4.16. The topological polar surface area (TPSA) is 63.6 Å². The number of esters is 1. The lowest BCUT2D eigenvalue weighted by molar-refractivity contribution is -0.150. The molecule has 0 saturated heterocycles. The van der Waals surface area contributed by atoms with Gasteiger partial charge in [-0.3, -0.25) is 9.59 Å². The Bertz CT molecular complexity index is 820. The molecular weight excluding hydrogens is 568 g/mol. The second kappa shape index (κ2) is 37.1.